The summed E-state index contributed by atoms with van der Waals surface area (Å²) >= 11 is 3.51. The van der Waals surface area contributed by atoms with Gasteiger partial charge < -0.3 is 4.57 Å². The number of aromatic nitrogens is 1. The van der Waals surface area contributed by atoms with E-state index in [0.29, 0.717) is 6.04 Å². The zero-order chi connectivity index (χ0) is 11.7. The van der Waals surface area contributed by atoms with Crippen molar-refractivity contribution in [3.63, 3.8) is 0 Å². The van der Waals surface area contributed by atoms with Gasteiger partial charge in [0.15, 0.2) is 0 Å². The van der Waals surface area contributed by atoms with Gasteiger partial charge in [-0.05, 0) is 43.5 Å². The Hall–Kier alpha value is -0.760. The predicted octanol–water partition coefficient (Wildman–Crippen LogP) is 5.01. The molecule has 1 aromatic carbocycles. The summed E-state index contributed by atoms with van der Waals surface area (Å²) in [7, 11) is 0. The summed E-state index contributed by atoms with van der Waals surface area (Å²) in [6.45, 7) is 6.85. The third kappa shape index (κ3) is 2.32. The van der Waals surface area contributed by atoms with E-state index in [0.717, 1.165) is 10.4 Å². The van der Waals surface area contributed by atoms with Crippen molar-refractivity contribution < 1.29 is 0 Å². The lowest BCUT2D eigenvalue weighted by molar-refractivity contribution is 0.437. The van der Waals surface area contributed by atoms with Gasteiger partial charge in [-0.3, -0.25) is 0 Å². The minimum atomic E-state index is 0.568. The van der Waals surface area contributed by atoms with E-state index in [9.17, 15) is 0 Å². The van der Waals surface area contributed by atoms with Crippen LogP contribution in [0.4, 0.5) is 0 Å². The zero-order valence-corrected chi connectivity index (χ0v) is 11.7. The number of fused-ring (bicyclic) bond motifs is 1. The summed E-state index contributed by atoms with van der Waals surface area (Å²) in [5, 5.41) is 1.31. The quantitative estimate of drug-likeness (QED) is 0.744. The first-order chi connectivity index (χ1) is 7.58. The maximum Gasteiger partial charge on any atom is 0.0483 e. The topological polar surface area (TPSA) is 4.93 Å². The van der Waals surface area contributed by atoms with Crippen molar-refractivity contribution in [2.75, 3.05) is 0 Å². The molecule has 0 spiro atoms. The van der Waals surface area contributed by atoms with Crippen molar-refractivity contribution in [1.82, 2.24) is 4.57 Å². The van der Waals surface area contributed by atoms with Gasteiger partial charge in [0, 0.05) is 27.6 Å². The number of hydrogen-bond acceptors (Lipinski definition) is 0. The third-order valence-corrected chi connectivity index (χ3v) is 3.46. The van der Waals surface area contributed by atoms with Gasteiger partial charge >= 0.3 is 0 Å². The van der Waals surface area contributed by atoms with E-state index in [2.05, 4.69) is 71.7 Å². The van der Waals surface area contributed by atoms with Crippen LogP contribution in [0.1, 0.15) is 33.2 Å². The predicted molar refractivity (Wildman–Crippen MR) is 73.8 cm³/mol. The molecule has 2 aromatic rings. The first-order valence-electron chi connectivity index (χ1n) is 5.84. The average molecular weight is 280 g/mol. The lowest BCUT2D eigenvalue weighted by Gasteiger charge is -2.17. The molecule has 0 aliphatic carbocycles. The molecule has 1 heterocycles. The molecule has 86 valence electrons. The van der Waals surface area contributed by atoms with Crippen LogP contribution in [0.2, 0.25) is 0 Å². The number of nitrogens with zero attached hydrogens (tertiary/aromatic N) is 1. The van der Waals surface area contributed by atoms with Crippen LogP contribution in [0, 0.1) is 5.92 Å². The molecule has 0 fully saturated rings. The Labute approximate surface area is 106 Å². The van der Waals surface area contributed by atoms with E-state index in [-0.39, 0.29) is 0 Å². The molecule has 0 radical (unpaired) electrons. The molecule has 0 N–H and O–H groups in total. The van der Waals surface area contributed by atoms with Gasteiger partial charge in [-0.2, -0.15) is 0 Å². The highest BCUT2D eigenvalue weighted by molar-refractivity contribution is 9.10. The van der Waals surface area contributed by atoms with Crippen LogP contribution in [-0.2, 0) is 0 Å². The first-order valence-corrected chi connectivity index (χ1v) is 6.63. The molecule has 0 aliphatic rings. The Morgan fingerprint density at radius 3 is 2.62 bits per heavy atom. The van der Waals surface area contributed by atoms with Gasteiger partial charge in [0.05, 0.1) is 0 Å². The Morgan fingerprint density at radius 2 is 1.94 bits per heavy atom. The lowest BCUT2D eigenvalue weighted by atomic mass is 10.1. The number of halogens is 1. The molecule has 1 nitrogen and oxygen atoms in total. The SMILES string of the molecule is CC(C)CC(C)n1ccc2cc(Br)ccc21. The summed E-state index contributed by atoms with van der Waals surface area (Å²) in [6.07, 6.45) is 3.42. The molecule has 0 bridgehead atoms. The van der Waals surface area contributed by atoms with Crippen molar-refractivity contribution in [3.8, 4) is 0 Å². The second-order valence-corrected chi connectivity index (χ2v) is 5.82. The van der Waals surface area contributed by atoms with Gasteiger partial charge in [0.1, 0.15) is 0 Å². The van der Waals surface area contributed by atoms with E-state index < -0.39 is 0 Å². The van der Waals surface area contributed by atoms with Crippen LogP contribution in [0.15, 0.2) is 34.9 Å². The Bertz CT molecular complexity index is 484. The Balaban J connectivity index is 2.38. The van der Waals surface area contributed by atoms with Crippen LogP contribution in [-0.4, -0.2) is 4.57 Å². The highest BCUT2D eigenvalue weighted by atomic mass is 79.9. The van der Waals surface area contributed by atoms with Crippen molar-refractivity contribution in [2.45, 2.75) is 33.2 Å². The molecular weight excluding hydrogens is 262 g/mol. The van der Waals surface area contributed by atoms with Crippen LogP contribution in [0.25, 0.3) is 10.9 Å². The molecule has 1 unspecified atom stereocenters. The maximum atomic E-state index is 3.51. The van der Waals surface area contributed by atoms with Gasteiger partial charge in [-0.1, -0.05) is 29.8 Å². The summed E-state index contributed by atoms with van der Waals surface area (Å²) in [6, 6.07) is 9.24. The highest BCUT2D eigenvalue weighted by Crippen LogP contribution is 2.26. The molecule has 16 heavy (non-hydrogen) atoms. The Kier molecular flexibility index (Phi) is 3.38. The van der Waals surface area contributed by atoms with Crippen LogP contribution < -0.4 is 0 Å². The number of hydrogen-bond donors (Lipinski definition) is 0. The summed E-state index contributed by atoms with van der Waals surface area (Å²) in [5.41, 5.74) is 1.33. The average Bonchev–Trinajstić information content (AvgIpc) is 2.59. The fourth-order valence-electron chi connectivity index (χ4n) is 2.32. The zero-order valence-electron chi connectivity index (χ0n) is 10.1. The van der Waals surface area contributed by atoms with Gasteiger partial charge in [0.2, 0.25) is 0 Å². The second-order valence-electron chi connectivity index (χ2n) is 4.90. The van der Waals surface area contributed by atoms with Crippen molar-refractivity contribution in [2.24, 2.45) is 5.92 Å². The maximum absolute atomic E-state index is 3.51. The summed E-state index contributed by atoms with van der Waals surface area (Å²) < 4.78 is 3.52. The molecule has 2 heteroatoms. The third-order valence-electron chi connectivity index (χ3n) is 2.97. The van der Waals surface area contributed by atoms with Gasteiger partial charge in [0.25, 0.3) is 0 Å². The van der Waals surface area contributed by atoms with E-state index in [4.69, 9.17) is 0 Å². The highest BCUT2D eigenvalue weighted by Gasteiger charge is 2.09. The molecule has 0 saturated carbocycles. The van der Waals surface area contributed by atoms with E-state index in [1.807, 2.05) is 0 Å². The number of rotatable bonds is 3. The Morgan fingerprint density at radius 1 is 1.19 bits per heavy atom. The lowest BCUT2D eigenvalue weighted by Crippen LogP contribution is -2.06. The smallest absolute Gasteiger partial charge is 0.0483 e. The fraction of sp³-hybridized carbons (Fsp3) is 0.429. The van der Waals surface area contributed by atoms with Crippen LogP contribution in [0.3, 0.4) is 0 Å². The van der Waals surface area contributed by atoms with Crippen LogP contribution >= 0.6 is 15.9 Å². The molecule has 0 aliphatic heterocycles. The number of benzene rings is 1. The fourth-order valence-corrected chi connectivity index (χ4v) is 2.69. The summed E-state index contributed by atoms with van der Waals surface area (Å²) in [5.74, 6) is 0.739. The standard InChI is InChI=1S/C14H18BrN/c1-10(2)8-11(3)16-7-6-12-9-13(15)4-5-14(12)16/h4-7,9-11H,8H2,1-3H3. The minimum absolute atomic E-state index is 0.568. The van der Waals surface area contributed by atoms with E-state index >= 15 is 0 Å². The van der Waals surface area contributed by atoms with Crippen molar-refractivity contribution in [3.05, 3.63) is 34.9 Å². The summed E-state index contributed by atoms with van der Waals surface area (Å²) in [4.78, 5) is 0. The van der Waals surface area contributed by atoms with Gasteiger partial charge in [-0.25, -0.2) is 0 Å². The van der Waals surface area contributed by atoms with E-state index in [1.165, 1.54) is 17.3 Å². The molecule has 1 atom stereocenters. The normalized spacial score (nSPS) is 13.6. The molecule has 0 saturated heterocycles. The van der Waals surface area contributed by atoms with Crippen molar-refractivity contribution >= 4 is 26.8 Å². The molecule has 0 amide bonds. The monoisotopic (exact) mass is 279 g/mol. The minimum Gasteiger partial charge on any atom is -0.345 e. The van der Waals surface area contributed by atoms with Gasteiger partial charge in [-0.15, -0.1) is 0 Å². The molecular formula is C14H18BrN. The first kappa shape index (κ1) is 11.7. The largest absolute Gasteiger partial charge is 0.345 e. The molecule has 2 rings (SSSR count). The molecule has 1 aromatic heterocycles. The van der Waals surface area contributed by atoms with Crippen LogP contribution in [0.5, 0.6) is 0 Å². The van der Waals surface area contributed by atoms with E-state index in [1.54, 1.807) is 0 Å². The second kappa shape index (κ2) is 4.62. The van der Waals surface area contributed by atoms with Crippen molar-refractivity contribution in [1.29, 1.82) is 0 Å².